The molecule has 1 aliphatic rings. The summed E-state index contributed by atoms with van der Waals surface area (Å²) in [4.78, 5) is 0. The molecule has 0 aromatic heterocycles. The zero-order valence-corrected chi connectivity index (χ0v) is 9.37. The highest BCUT2D eigenvalue weighted by Crippen LogP contribution is 2.28. The van der Waals surface area contributed by atoms with E-state index in [9.17, 15) is 4.39 Å². The molecule has 2 N–H and O–H groups in total. The van der Waals surface area contributed by atoms with Gasteiger partial charge in [0.2, 0.25) is 0 Å². The van der Waals surface area contributed by atoms with Crippen molar-refractivity contribution in [3.8, 4) is 0 Å². The van der Waals surface area contributed by atoms with Gasteiger partial charge in [-0.15, -0.1) is 0 Å². The van der Waals surface area contributed by atoms with Crippen LogP contribution in [-0.4, -0.2) is 6.61 Å². The second-order valence-electron chi connectivity index (χ2n) is 4.12. The standard InChI is InChI=1S/C13H16FNO/c1-9-4-2-6-11(12(9)14)13(15)10-5-3-7-16-8-10/h2,4,6,8,13H,3,5,7,15H2,1H3. The fourth-order valence-corrected chi connectivity index (χ4v) is 1.92. The first kappa shape index (κ1) is 11.1. The first-order valence-electron chi connectivity index (χ1n) is 5.51. The van der Waals surface area contributed by atoms with Gasteiger partial charge in [-0.05, 0) is 30.9 Å². The van der Waals surface area contributed by atoms with E-state index in [1.54, 1.807) is 25.3 Å². The van der Waals surface area contributed by atoms with Crippen LogP contribution in [0.4, 0.5) is 4.39 Å². The number of benzene rings is 1. The zero-order valence-electron chi connectivity index (χ0n) is 9.37. The highest BCUT2D eigenvalue weighted by Gasteiger charge is 2.18. The Morgan fingerprint density at radius 2 is 2.25 bits per heavy atom. The molecule has 1 aromatic rings. The third kappa shape index (κ3) is 2.09. The molecule has 0 saturated carbocycles. The minimum absolute atomic E-state index is 0.207. The molecule has 86 valence electrons. The molecule has 1 unspecified atom stereocenters. The van der Waals surface area contributed by atoms with Gasteiger partial charge in [0.05, 0.1) is 18.9 Å². The van der Waals surface area contributed by atoms with E-state index in [-0.39, 0.29) is 11.9 Å². The number of ether oxygens (including phenoxy) is 1. The topological polar surface area (TPSA) is 35.2 Å². The largest absolute Gasteiger partial charge is 0.501 e. The number of nitrogens with two attached hydrogens (primary N) is 1. The third-order valence-electron chi connectivity index (χ3n) is 2.92. The summed E-state index contributed by atoms with van der Waals surface area (Å²) in [6, 6.07) is 4.93. The molecule has 1 atom stereocenters. The average molecular weight is 221 g/mol. The van der Waals surface area contributed by atoms with Gasteiger partial charge in [-0.3, -0.25) is 0 Å². The molecule has 0 amide bonds. The lowest BCUT2D eigenvalue weighted by molar-refractivity contribution is 0.221. The third-order valence-corrected chi connectivity index (χ3v) is 2.92. The van der Waals surface area contributed by atoms with E-state index in [2.05, 4.69) is 0 Å². The SMILES string of the molecule is Cc1cccc(C(N)C2=COCCC2)c1F. The Balaban J connectivity index is 2.29. The summed E-state index contributed by atoms with van der Waals surface area (Å²) in [5.41, 5.74) is 8.20. The summed E-state index contributed by atoms with van der Waals surface area (Å²) in [5, 5.41) is 0. The normalized spacial score (nSPS) is 17.6. The number of hydrogen-bond donors (Lipinski definition) is 1. The van der Waals surface area contributed by atoms with Crippen LogP contribution in [0.2, 0.25) is 0 Å². The number of aryl methyl sites for hydroxylation is 1. The lowest BCUT2D eigenvalue weighted by atomic mass is 9.94. The summed E-state index contributed by atoms with van der Waals surface area (Å²) in [6.45, 7) is 2.48. The van der Waals surface area contributed by atoms with Crippen molar-refractivity contribution in [2.24, 2.45) is 5.73 Å². The Kier molecular flexibility index (Phi) is 3.25. The maximum Gasteiger partial charge on any atom is 0.131 e. The van der Waals surface area contributed by atoms with Crippen molar-refractivity contribution in [1.29, 1.82) is 0 Å². The smallest absolute Gasteiger partial charge is 0.131 e. The molecule has 2 rings (SSSR count). The molecule has 16 heavy (non-hydrogen) atoms. The molecule has 1 heterocycles. The molecule has 0 aliphatic carbocycles. The van der Waals surface area contributed by atoms with Crippen LogP contribution in [0.15, 0.2) is 30.0 Å². The Morgan fingerprint density at radius 3 is 2.94 bits per heavy atom. The Hall–Kier alpha value is -1.35. The van der Waals surface area contributed by atoms with Gasteiger partial charge in [0.25, 0.3) is 0 Å². The molecule has 0 bridgehead atoms. The van der Waals surface area contributed by atoms with E-state index in [0.29, 0.717) is 11.1 Å². The monoisotopic (exact) mass is 221 g/mol. The molecular weight excluding hydrogens is 205 g/mol. The van der Waals surface area contributed by atoms with Crippen LogP contribution < -0.4 is 5.73 Å². The second-order valence-corrected chi connectivity index (χ2v) is 4.12. The van der Waals surface area contributed by atoms with Crippen LogP contribution in [0.1, 0.15) is 30.0 Å². The summed E-state index contributed by atoms with van der Waals surface area (Å²) >= 11 is 0. The Morgan fingerprint density at radius 1 is 1.44 bits per heavy atom. The lowest BCUT2D eigenvalue weighted by Crippen LogP contribution is -2.18. The minimum atomic E-state index is -0.389. The average Bonchev–Trinajstić information content (AvgIpc) is 2.33. The van der Waals surface area contributed by atoms with E-state index in [1.165, 1.54) is 0 Å². The van der Waals surface area contributed by atoms with Gasteiger partial charge < -0.3 is 10.5 Å². The van der Waals surface area contributed by atoms with Crippen LogP contribution in [0.3, 0.4) is 0 Å². The first-order chi connectivity index (χ1) is 7.70. The fourth-order valence-electron chi connectivity index (χ4n) is 1.92. The van der Waals surface area contributed by atoms with Gasteiger partial charge in [-0.2, -0.15) is 0 Å². The lowest BCUT2D eigenvalue weighted by Gasteiger charge is -2.20. The van der Waals surface area contributed by atoms with Crippen LogP contribution in [0, 0.1) is 12.7 Å². The van der Waals surface area contributed by atoms with E-state index < -0.39 is 0 Å². The molecule has 3 heteroatoms. The highest BCUT2D eigenvalue weighted by atomic mass is 19.1. The molecule has 1 aromatic carbocycles. The van der Waals surface area contributed by atoms with Gasteiger partial charge in [0.15, 0.2) is 0 Å². The maximum atomic E-state index is 13.9. The zero-order chi connectivity index (χ0) is 11.5. The van der Waals surface area contributed by atoms with Gasteiger partial charge in [-0.25, -0.2) is 4.39 Å². The molecular formula is C13H16FNO. The predicted molar refractivity (Wildman–Crippen MR) is 61.3 cm³/mol. The van der Waals surface area contributed by atoms with Crippen molar-refractivity contribution >= 4 is 0 Å². The number of halogens is 1. The van der Waals surface area contributed by atoms with Crippen molar-refractivity contribution in [1.82, 2.24) is 0 Å². The van der Waals surface area contributed by atoms with Crippen LogP contribution in [0.5, 0.6) is 0 Å². The van der Waals surface area contributed by atoms with Crippen molar-refractivity contribution in [3.63, 3.8) is 0 Å². The van der Waals surface area contributed by atoms with E-state index in [0.717, 1.165) is 25.0 Å². The van der Waals surface area contributed by atoms with Crippen LogP contribution >= 0.6 is 0 Å². The van der Waals surface area contributed by atoms with Crippen LogP contribution in [-0.2, 0) is 4.74 Å². The van der Waals surface area contributed by atoms with Crippen LogP contribution in [0.25, 0.3) is 0 Å². The summed E-state index contributed by atoms with van der Waals surface area (Å²) in [5.74, 6) is -0.207. The second kappa shape index (κ2) is 4.66. The molecule has 1 aliphatic heterocycles. The number of rotatable bonds is 2. The van der Waals surface area contributed by atoms with Gasteiger partial charge in [0.1, 0.15) is 5.82 Å². The Bertz CT molecular complexity index is 414. The van der Waals surface area contributed by atoms with E-state index >= 15 is 0 Å². The molecule has 0 fully saturated rings. The molecule has 0 saturated heterocycles. The molecule has 0 radical (unpaired) electrons. The predicted octanol–water partition coefficient (Wildman–Crippen LogP) is 2.83. The minimum Gasteiger partial charge on any atom is -0.501 e. The quantitative estimate of drug-likeness (QED) is 0.833. The van der Waals surface area contributed by atoms with E-state index in [4.69, 9.17) is 10.5 Å². The first-order valence-corrected chi connectivity index (χ1v) is 5.51. The fraction of sp³-hybridized carbons (Fsp3) is 0.385. The van der Waals surface area contributed by atoms with Gasteiger partial charge in [-0.1, -0.05) is 18.2 Å². The number of hydrogen-bond acceptors (Lipinski definition) is 2. The molecule has 0 spiro atoms. The maximum absolute atomic E-state index is 13.9. The van der Waals surface area contributed by atoms with Crippen molar-refractivity contribution in [2.45, 2.75) is 25.8 Å². The highest BCUT2D eigenvalue weighted by molar-refractivity contribution is 5.32. The van der Waals surface area contributed by atoms with Crippen molar-refractivity contribution in [2.75, 3.05) is 6.61 Å². The molecule has 2 nitrogen and oxygen atoms in total. The summed E-state index contributed by atoms with van der Waals surface area (Å²) < 4.78 is 19.1. The van der Waals surface area contributed by atoms with Crippen molar-refractivity contribution < 1.29 is 9.13 Å². The van der Waals surface area contributed by atoms with Crippen molar-refractivity contribution in [3.05, 3.63) is 47.0 Å². The van der Waals surface area contributed by atoms with Gasteiger partial charge >= 0.3 is 0 Å². The van der Waals surface area contributed by atoms with Gasteiger partial charge in [0, 0.05) is 5.56 Å². The Labute approximate surface area is 94.9 Å². The summed E-state index contributed by atoms with van der Waals surface area (Å²) in [7, 11) is 0. The summed E-state index contributed by atoms with van der Waals surface area (Å²) in [6.07, 6.45) is 3.51. The van der Waals surface area contributed by atoms with E-state index in [1.807, 2.05) is 6.07 Å².